The van der Waals surface area contributed by atoms with Crippen molar-refractivity contribution in [3.8, 4) is 0 Å². The molecule has 0 saturated heterocycles. The van der Waals surface area contributed by atoms with Crippen molar-refractivity contribution in [2.75, 3.05) is 0 Å². The van der Waals surface area contributed by atoms with E-state index >= 15 is 0 Å². The Bertz CT molecular complexity index is 287. The Morgan fingerprint density at radius 3 is 2.08 bits per heavy atom. The summed E-state index contributed by atoms with van der Waals surface area (Å²) in [5.74, 6) is -3.68. The van der Waals surface area contributed by atoms with E-state index in [1.807, 2.05) is 6.92 Å². The molecule has 0 radical (unpaired) electrons. The molecule has 0 amide bonds. The fraction of sp³-hybridized carbons (Fsp3) is 0.333. The molecule has 1 aromatic rings. The lowest BCUT2D eigenvalue weighted by Crippen LogP contribution is -2.00. The number of rotatable bonds is 2. The van der Waals surface area contributed by atoms with Crippen molar-refractivity contribution in [1.29, 1.82) is 0 Å². The summed E-state index contributed by atoms with van der Waals surface area (Å²) in [6, 6.07) is 2.02. The predicted molar refractivity (Wildman–Crippen MR) is 48.4 cm³/mol. The summed E-state index contributed by atoms with van der Waals surface area (Å²) in [6.07, 6.45) is 0.466. The first kappa shape index (κ1) is 10.6. The highest BCUT2D eigenvalue weighted by Gasteiger charge is 2.11. The van der Waals surface area contributed by atoms with Gasteiger partial charge in [0, 0.05) is 4.83 Å². The molecule has 4 heteroatoms. The van der Waals surface area contributed by atoms with Gasteiger partial charge < -0.3 is 0 Å². The van der Waals surface area contributed by atoms with Crippen LogP contribution in [0.1, 0.15) is 12.5 Å². The van der Waals surface area contributed by atoms with Crippen molar-refractivity contribution in [2.45, 2.75) is 18.2 Å². The van der Waals surface area contributed by atoms with Crippen LogP contribution in [-0.2, 0) is 6.42 Å². The summed E-state index contributed by atoms with van der Waals surface area (Å²) >= 11 is 3.24. The maximum Gasteiger partial charge on any atom is 0.194 e. The molecule has 1 aromatic carbocycles. The third-order valence-corrected chi connectivity index (χ3v) is 1.88. The van der Waals surface area contributed by atoms with Crippen molar-refractivity contribution in [3.63, 3.8) is 0 Å². The van der Waals surface area contributed by atoms with Crippen LogP contribution in [0.15, 0.2) is 12.1 Å². The van der Waals surface area contributed by atoms with Crippen LogP contribution in [-0.4, -0.2) is 4.83 Å². The molecule has 0 aliphatic carbocycles. The lowest BCUT2D eigenvalue weighted by Gasteiger charge is -2.04. The molecular formula is C9H8BrF3. The zero-order valence-corrected chi connectivity index (χ0v) is 8.54. The average Bonchev–Trinajstić information content (AvgIpc) is 1.98. The molecular weight excluding hydrogens is 245 g/mol. The Hall–Kier alpha value is -0.510. The van der Waals surface area contributed by atoms with Crippen LogP contribution in [0.4, 0.5) is 13.2 Å². The third-order valence-electron chi connectivity index (χ3n) is 1.56. The summed E-state index contributed by atoms with van der Waals surface area (Å²) in [7, 11) is 0. The van der Waals surface area contributed by atoms with Crippen LogP contribution in [0.25, 0.3) is 0 Å². The quantitative estimate of drug-likeness (QED) is 0.559. The van der Waals surface area contributed by atoms with E-state index < -0.39 is 17.5 Å². The summed E-state index contributed by atoms with van der Waals surface area (Å²) in [5, 5.41) is 0. The molecule has 72 valence electrons. The van der Waals surface area contributed by atoms with Gasteiger partial charge in [-0.1, -0.05) is 22.9 Å². The second-order valence-corrected chi connectivity index (χ2v) is 4.42. The van der Waals surface area contributed by atoms with Gasteiger partial charge in [-0.05, 0) is 24.1 Å². The SMILES string of the molecule is CC(Br)Cc1cc(F)c(F)c(F)c1. The highest BCUT2D eigenvalue weighted by atomic mass is 79.9. The van der Waals surface area contributed by atoms with Gasteiger partial charge in [-0.3, -0.25) is 0 Å². The Labute approximate surface area is 82.9 Å². The lowest BCUT2D eigenvalue weighted by molar-refractivity contribution is 0.445. The molecule has 0 bridgehead atoms. The zero-order valence-electron chi connectivity index (χ0n) is 6.95. The summed E-state index contributed by atoms with van der Waals surface area (Å²) in [6.45, 7) is 1.85. The molecule has 0 heterocycles. The van der Waals surface area contributed by atoms with E-state index in [0.29, 0.717) is 12.0 Å². The van der Waals surface area contributed by atoms with E-state index in [9.17, 15) is 13.2 Å². The molecule has 13 heavy (non-hydrogen) atoms. The summed E-state index contributed by atoms with van der Waals surface area (Å²) in [4.78, 5) is 0.108. The highest BCUT2D eigenvalue weighted by molar-refractivity contribution is 9.09. The van der Waals surface area contributed by atoms with Gasteiger partial charge in [0.05, 0.1) is 0 Å². The fourth-order valence-corrected chi connectivity index (χ4v) is 1.42. The largest absolute Gasteiger partial charge is 0.204 e. The van der Waals surface area contributed by atoms with E-state index in [1.54, 1.807) is 0 Å². The molecule has 0 nitrogen and oxygen atoms in total. The smallest absolute Gasteiger partial charge is 0.194 e. The fourth-order valence-electron chi connectivity index (χ4n) is 1.05. The highest BCUT2D eigenvalue weighted by Crippen LogP contribution is 2.16. The van der Waals surface area contributed by atoms with Gasteiger partial charge in [0.2, 0.25) is 0 Å². The van der Waals surface area contributed by atoms with Crippen LogP contribution in [0.2, 0.25) is 0 Å². The Kier molecular flexibility index (Phi) is 3.36. The van der Waals surface area contributed by atoms with E-state index in [1.165, 1.54) is 0 Å². The normalized spacial score (nSPS) is 13.0. The Balaban J connectivity index is 2.99. The molecule has 1 atom stereocenters. The lowest BCUT2D eigenvalue weighted by atomic mass is 10.1. The van der Waals surface area contributed by atoms with E-state index in [4.69, 9.17) is 0 Å². The first-order valence-corrected chi connectivity index (χ1v) is 4.69. The Morgan fingerprint density at radius 1 is 1.23 bits per heavy atom. The standard InChI is InChI=1S/C9H8BrF3/c1-5(10)2-6-3-7(11)9(13)8(12)4-6/h3-5H,2H2,1H3. The summed E-state index contributed by atoms with van der Waals surface area (Å²) in [5.41, 5.74) is 0.445. The van der Waals surface area contributed by atoms with Crippen LogP contribution in [0, 0.1) is 17.5 Å². The Morgan fingerprint density at radius 2 is 1.69 bits per heavy atom. The van der Waals surface area contributed by atoms with E-state index in [0.717, 1.165) is 12.1 Å². The van der Waals surface area contributed by atoms with Crippen LogP contribution >= 0.6 is 15.9 Å². The minimum Gasteiger partial charge on any atom is -0.204 e. The van der Waals surface area contributed by atoms with Gasteiger partial charge in [-0.15, -0.1) is 0 Å². The van der Waals surface area contributed by atoms with Crippen molar-refractivity contribution < 1.29 is 13.2 Å². The number of benzene rings is 1. The van der Waals surface area contributed by atoms with Crippen LogP contribution < -0.4 is 0 Å². The van der Waals surface area contributed by atoms with Gasteiger partial charge in [0.25, 0.3) is 0 Å². The molecule has 0 spiro atoms. The summed E-state index contributed by atoms with van der Waals surface area (Å²) < 4.78 is 37.8. The first-order chi connectivity index (χ1) is 6.00. The average molecular weight is 253 g/mol. The van der Waals surface area contributed by atoms with Crippen molar-refractivity contribution in [2.24, 2.45) is 0 Å². The third kappa shape index (κ3) is 2.72. The maximum atomic E-state index is 12.7. The molecule has 0 aliphatic heterocycles. The molecule has 0 saturated carbocycles. The predicted octanol–water partition coefficient (Wildman–Crippen LogP) is 3.43. The minimum atomic E-state index is -1.41. The second kappa shape index (κ2) is 4.13. The molecule has 0 N–H and O–H groups in total. The minimum absolute atomic E-state index is 0.108. The number of halogens is 4. The molecule has 0 fully saturated rings. The van der Waals surface area contributed by atoms with Gasteiger partial charge in [-0.25, -0.2) is 13.2 Å². The van der Waals surface area contributed by atoms with E-state index in [-0.39, 0.29) is 4.83 Å². The van der Waals surface area contributed by atoms with Crippen molar-refractivity contribution in [1.82, 2.24) is 0 Å². The molecule has 0 aromatic heterocycles. The monoisotopic (exact) mass is 252 g/mol. The van der Waals surface area contributed by atoms with Gasteiger partial charge in [-0.2, -0.15) is 0 Å². The van der Waals surface area contributed by atoms with Gasteiger partial charge in [0.1, 0.15) is 0 Å². The van der Waals surface area contributed by atoms with Crippen LogP contribution in [0.5, 0.6) is 0 Å². The van der Waals surface area contributed by atoms with Gasteiger partial charge >= 0.3 is 0 Å². The zero-order chi connectivity index (χ0) is 10.0. The van der Waals surface area contributed by atoms with E-state index in [2.05, 4.69) is 15.9 Å². The maximum absolute atomic E-state index is 12.7. The van der Waals surface area contributed by atoms with Crippen molar-refractivity contribution in [3.05, 3.63) is 35.1 Å². The molecule has 1 unspecified atom stereocenters. The number of hydrogen-bond donors (Lipinski definition) is 0. The number of hydrogen-bond acceptors (Lipinski definition) is 0. The van der Waals surface area contributed by atoms with Crippen molar-refractivity contribution >= 4 is 15.9 Å². The number of alkyl halides is 1. The topological polar surface area (TPSA) is 0 Å². The molecule has 1 rings (SSSR count). The first-order valence-electron chi connectivity index (χ1n) is 3.78. The second-order valence-electron chi connectivity index (χ2n) is 2.86. The molecule has 0 aliphatic rings. The van der Waals surface area contributed by atoms with Gasteiger partial charge in [0.15, 0.2) is 17.5 Å². The van der Waals surface area contributed by atoms with Crippen LogP contribution in [0.3, 0.4) is 0 Å².